The summed E-state index contributed by atoms with van der Waals surface area (Å²) < 4.78 is 10.6. The molecule has 1 saturated heterocycles. The number of amides is 1. The van der Waals surface area contributed by atoms with Crippen molar-refractivity contribution in [1.29, 1.82) is 0 Å². The maximum Gasteiger partial charge on any atom is 0.404 e. The average molecular weight is 554 g/mol. The molecule has 0 aliphatic carbocycles. The molecule has 1 amide bonds. The van der Waals surface area contributed by atoms with Crippen LogP contribution in [0.3, 0.4) is 0 Å². The minimum atomic E-state index is -0.890. The quantitative estimate of drug-likeness (QED) is 0.152. The molecule has 1 aliphatic heterocycles. The topological polar surface area (TPSA) is 160 Å². The zero-order chi connectivity index (χ0) is 30.0. The number of carbonyl (C=O) groups excluding carboxylic acids is 2. The molecule has 0 radical (unpaired) electrons. The van der Waals surface area contributed by atoms with E-state index in [1.807, 2.05) is 46.8 Å². The Morgan fingerprint density at radius 2 is 1.62 bits per heavy atom. The summed E-state index contributed by atoms with van der Waals surface area (Å²) in [6.45, 7) is 16.5. The summed E-state index contributed by atoms with van der Waals surface area (Å²) in [5, 5.41) is 42.3. The number of hydrogen-bond donors (Lipinski definition) is 5. The van der Waals surface area contributed by atoms with Crippen LogP contribution in [0.25, 0.3) is 0 Å². The summed E-state index contributed by atoms with van der Waals surface area (Å²) in [4.78, 5) is 23.2. The third-order valence-corrected chi connectivity index (χ3v) is 8.19. The molecule has 1 rings (SSSR count). The number of nitrogens with two attached hydrogens (primary N) is 1. The molecule has 9 nitrogen and oxygen atoms in total. The predicted molar refractivity (Wildman–Crippen MR) is 150 cm³/mol. The van der Waals surface area contributed by atoms with Crippen LogP contribution in [-0.2, 0) is 14.3 Å². The predicted octanol–water partition coefficient (Wildman–Crippen LogP) is 3.35. The molecular weight excluding hydrogens is 502 g/mol. The fourth-order valence-corrected chi connectivity index (χ4v) is 5.09. The normalized spacial score (nSPS) is 29.1. The van der Waals surface area contributed by atoms with E-state index < -0.39 is 54.6 Å². The molecule has 0 aromatic heterocycles. The maximum absolute atomic E-state index is 11.9. The van der Waals surface area contributed by atoms with E-state index in [1.165, 1.54) is 0 Å². The number of allylic oxidation sites excluding steroid dienone is 1. The van der Waals surface area contributed by atoms with Gasteiger partial charge in [-0.25, -0.2) is 4.79 Å². The van der Waals surface area contributed by atoms with Crippen LogP contribution < -0.4 is 5.73 Å². The van der Waals surface area contributed by atoms with Crippen molar-refractivity contribution in [2.24, 2.45) is 47.2 Å². The number of cyclic esters (lactones) is 1. The lowest BCUT2D eigenvalue weighted by Crippen LogP contribution is -2.47. The number of hydrogen-bond acceptors (Lipinski definition) is 8. The number of aliphatic hydroxyl groups is 4. The van der Waals surface area contributed by atoms with Crippen LogP contribution in [0.4, 0.5) is 4.79 Å². The highest BCUT2D eigenvalue weighted by Crippen LogP contribution is 2.30. The van der Waals surface area contributed by atoms with Crippen molar-refractivity contribution in [1.82, 2.24) is 0 Å². The van der Waals surface area contributed by atoms with Crippen molar-refractivity contribution < 1.29 is 39.5 Å². The van der Waals surface area contributed by atoms with Gasteiger partial charge in [-0.2, -0.15) is 0 Å². The molecule has 0 unspecified atom stereocenters. The van der Waals surface area contributed by atoms with Crippen molar-refractivity contribution in [3.63, 3.8) is 0 Å². The van der Waals surface area contributed by atoms with Gasteiger partial charge in [-0.3, -0.25) is 4.79 Å². The third kappa shape index (κ3) is 10.4. The van der Waals surface area contributed by atoms with Gasteiger partial charge in [-0.05, 0) is 19.3 Å². The van der Waals surface area contributed by atoms with Crippen LogP contribution >= 0.6 is 0 Å². The molecule has 1 heterocycles. The smallest absolute Gasteiger partial charge is 0.404 e. The molecule has 1 fully saturated rings. The summed E-state index contributed by atoms with van der Waals surface area (Å²) in [5.41, 5.74) is 5.21. The first-order valence-electron chi connectivity index (χ1n) is 14.0. The highest BCUT2D eigenvalue weighted by Gasteiger charge is 2.40. The number of primary amides is 1. The van der Waals surface area contributed by atoms with Crippen molar-refractivity contribution in [3.8, 4) is 0 Å². The molecule has 0 spiro atoms. The van der Waals surface area contributed by atoms with E-state index in [9.17, 15) is 30.0 Å². The Balaban J connectivity index is 2.63. The largest absolute Gasteiger partial charge is 0.462 e. The van der Waals surface area contributed by atoms with Crippen molar-refractivity contribution in [3.05, 3.63) is 37.0 Å². The second-order valence-corrected chi connectivity index (χ2v) is 11.5. The van der Waals surface area contributed by atoms with Crippen LogP contribution in [-0.4, -0.2) is 69.1 Å². The number of aliphatic hydroxyl groups excluding tert-OH is 4. The van der Waals surface area contributed by atoms with E-state index >= 15 is 0 Å². The maximum atomic E-state index is 11.9. The minimum absolute atomic E-state index is 0.137. The van der Waals surface area contributed by atoms with Gasteiger partial charge in [0.2, 0.25) is 0 Å². The Morgan fingerprint density at radius 1 is 1.03 bits per heavy atom. The van der Waals surface area contributed by atoms with E-state index in [0.29, 0.717) is 6.42 Å². The highest BCUT2D eigenvalue weighted by molar-refractivity contribution is 5.73. The van der Waals surface area contributed by atoms with E-state index in [-0.39, 0.29) is 41.9 Å². The molecule has 0 aromatic rings. The number of esters is 1. The summed E-state index contributed by atoms with van der Waals surface area (Å²) in [7, 11) is 0. The van der Waals surface area contributed by atoms with E-state index in [1.54, 1.807) is 32.1 Å². The number of carbonyl (C=O) groups is 2. The minimum Gasteiger partial charge on any atom is -0.462 e. The van der Waals surface area contributed by atoms with E-state index in [0.717, 1.165) is 0 Å². The third-order valence-electron chi connectivity index (χ3n) is 8.19. The zero-order valence-electron chi connectivity index (χ0n) is 24.5. The van der Waals surface area contributed by atoms with Crippen LogP contribution in [0.5, 0.6) is 0 Å². The Labute approximate surface area is 233 Å². The van der Waals surface area contributed by atoms with Crippen molar-refractivity contribution in [2.45, 2.75) is 97.9 Å². The lowest BCUT2D eigenvalue weighted by Gasteiger charge is -2.36. The SMILES string of the molecule is C=C[C@H](C)[C@H](OC(N)=O)[C@@H](C)[C@H](O)[C@@H](C)C/C=C\[C@H](C)[C@H](O)[C@@H](C)/C=C\[C@@H](O)C[C@@H]1OC(=O)[C@H](C)[C@@H](O)[C@H]1C. The molecule has 0 bridgehead atoms. The molecule has 13 atom stereocenters. The van der Waals surface area contributed by atoms with Crippen molar-refractivity contribution in [2.75, 3.05) is 0 Å². The van der Waals surface area contributed by atoms with Gasteiger partial charge in [0.1, 0.15) is 12.2 Å². The molecule has 9 heteroatoms. The second kappa shape index (κ2) is 16.2. The first-order chi connectivity index (χ1) is 18.1. The molecule has 6 N–H and O–H groups in total. The zero-order valence-corrected chi connectivity index (χ0v) is 24.5. The van der Waals surface area contributed by atoms with Crippen molar-refractivity contribution >= 4 is 12.1 Å². The number of rotatable bonds is 15. The molecule has 1 aliphatic rings. The Hall–Kier alpha value is -2.20. The summed E-state index contributed by atoms with van der Waals surface area (Å²) in [6, 6.07) is 0. The molecule has 0 aromatic carbocycles. The number of ether oxygens (including phenoxy) is 2. The van der Waals surface area contributed by atoms with Crippen LogP contribution in [0.2, 0.25) is 0 Å². The van der Waals surface area contributed by atoms with Crippen LogP contribution in [0, 0.1) is 41.4 Å². The van der Waals surface area contributed by atoms with Crippen LogP contribution in [0.15, 0.2) is 37.0 Å². The van der Waals surface area contributed by atoms with E-state index in [2.05, 4.69) is 6.58 Å². The van der Waals surface area contributed by atoms with Gasteiger partial charge in [0.15, 0.2) is 0 Å². The van der Waals surface area contributed by atoms with Gasteiger partial charge in [-0.1, -0.05) is 71.9 Å². The Kier molecular flexibility index (Phi) is 14.4. The monoisotopic (exact) mass is 553 g/mol. The molecular formula is C30H51NO8. The molecule has 224 valence electrons. The van der Waals surface area contributed by atoms with Crippen LogP contribution in [0.1, 0.15) is 61.3 Å². The van der Waals surface area contributed by atoms with Gasteiger partial charge in [0.25, 0.3) is 0 Å². The Bertz CT molecular complexity index is 845. The molecule has 39 heavy (non-hydrogen) atoms. The first kappa shape index (κ1) is 34.8. The summed E-state index contributed by atoms with van der Waals surface area (Å²) in [5.74, 6) is -2.46. The second-order valence-electron chi connectivity index (χ2n) is 11.5. The van der Waals surface area contributed by atoms with E-state index in [4.69, 9.17) is 15.2 Å². The molecule has 0 saturated carbocycles. The highest BCUT2D eigenvalue weighted by atomic mass is 16.6. The lowest BCUT2D eigenvalue weighted by atomic mass is 9.82. The lowest BCUT2D eigenvalue weighted by molar-refractivity contribution is -0.179. The standard InChI is InChI=1S/C30H51NO8/c1-9-16(2)28(39-30(31)37)21(7)26(34)18(4)12-10-11-17(3)25(33)19(5)13-14-23(32)15-24-20(6)27(35)22(8)29(36)38-24/h9-11,13-14,16-28,32-35H,1,12,15H2,2-8H3,(H2,31,37)/b11-10-,14-13-/t16-,17-,18-,19-,20-,21-,22+,23+,24-,25-,26+,27-,28-/m0/s1. The fraction of sp³-hybridized carbons (Fsp3) is 0.733. The average Bonchev–Trinajstić information content (AvgIpc) is 2.89. The fourth-order valence-electron chi connectivity index (χ4n) is 5.09. The van der Waals surface area contributed by atoms with Gasteiger partial charge in [0, 0.05) is 36.0 Å². The summed E-state index contributed by atoms with van der Waals surface area (Å²) in [6.07, 6.45) is 4.31. The Morgan fingerprint density at radius 3 is 2.18 bits per heavy atom. The van der Waals surface area contributed by atoms with Gasteiger partial charge in [0.05, 0.1) is 30.3 Å². The van der Waals surface area contributed by atoms with Gasteiger partial charge in [-0.15, -0.1) is 6.58 Å². The van der Waals surface area contributed by atoms with Gasteiger partial charge >= 0.3 is 12.1 Å². The summed E-state index contributed by atoms with van der Waals surface area (Å²) >= 11 is 0. The van der Waals surface area contributed by atoms with Gasteiger partial charge < -0.3 is 35.6 Å². The first-order valence-corrected chi connectivity index (χ1v) is 14.0.